The smallest absolute Gasteiger partial charge is 0.412 e. The number of ether oxygens (including phenoxy) is 2. The molecule has 0 spiro atoms. The van der Waals surface area contributed by atoms with Crippen LogP contribution in [0.5, 0.6) is 0 Å². The molecule has 0 saturated heterocycles. The fourth-order valence-electron chi connectivity index (χ4n) is 3.21. The lowest BCUT2D eigenvalue weighted by Crippen LogP contribution is -2.26. The van der Waals surface area contributed by atoms with Gasteiger partial charge in [-0.05, 0) is 35.4 Å². The van der Waals surface area contributed by atoms with Gasteiger partial charge in [-0.15, -0.1) is 0 Å². The van der Waals surface area contributed by atoms with E-state index in [9.17, 15) is 19.2 Å². The number of pyridine rings is 2. The van der Waals surface area contributed by atoms with Crippen LogP contribution in [0, 0.1) is 0 Å². The molecule has 0 aliphatic rings. The van der Waals surface area contributed by atoms with Crippen LogP contribution in [0.25, 0.3) is 0 Å². The second-order valence-corrected chi connectivity index (χ2v) is 9.39. The van der Waals surface area contributed by atoms with E-state index < -0.39 is 11.5 Å². The minimum Gasteiger partial charge on any atom is -0.449 e. The molecule has 256 valence electrons. The van der Waals surface area contributed by atoms with E-state index >= 15 is 0 Å². The Hall–Kier alpha value is -5.57. The van der Waals surface area contributed by atoms with Crippen LogP contribution in [0.1, 0.15) is 39.5 Å². The van der Waals surface area contributed by atoms with E-state index in [-0.39, 0.29) is 38.1 Å². The number of nitrogens with one attached hydrogen (secondary N) is 1. The summed E-state index contributed by atoms with van der Waals surface area (Å²) in [6, 6.07) is 24.9. The first-order chi connectivity index (χ1) is 22.5. The van der Waals surface area contributed by atoms with Gasteiger partial charge in [0.25, 0.3) is 11.8 Å². The number of aromatic nitrogens is 2. The molecule has 0 aliphatic carbocycles. The van der Waals surface area contributed by atoms with Gasteiger partial charge >= 0.3 is 11.5 Å². The van der Waals surface area contributed by atoms with Crippen molar-refractivity contribution in [2.75, 3.05) is 39.4 Å². The number of halogens is 1. The highest BCUT2D eigenvalue weighted by atomic mass is 35.5. The number of rotatable bonds is 9. The third-order valence-corrected chi connectivity index (χ3v) is 5.87. The number of carbonyl (C=O) groups is 4. The van der Waals surface area contributed by atoms with Crippen LogP contribution in [0.4, 0.5) is 21.0 Å². The van der Waals surface area contributed by atoms with E-state index in [1.54, 1.807) is 18.2 Å². The minimum absolute atomic E-state index is 0. The molecule has 3 N–H and O–H groups in total. The van der Waals surface area contributed by atoms with E-state index in [1.807, 2.05) is 60.7 Å². The largest absolute Gasteiger partial charge is 0.449 e. The van der Waals surface area contributed by atoms with Crippen LogP contribution in [0.15, 0.2) is 97.3 Å². The summed E-state index contributed by atoms with van der Waals surface area (Å²) in [7, 11) is 5.79. The van der Waals surface area contributed by atoms with Crippen molar-refractivity contribution in [3.63, 3.8) is 0 Å². The predicted octanol–water partition coefficient (Wildman–Crippen LogP) is 5.96. The standard InChI is InChI=1S/C16H17N3O4.C8H7ClO2.C8H11N3O2.CH4/c1-19(22-2)15(20)14-9-8-13(10-17-14)18-16(21)23-11-12-6-4-3-5-7-12;9-8(10)11-6-7-4-2-1-3-5-7;1-11(13-2)8(12)7-4-3-6(9)5-10-7;/h3-10H,11H2,1-2H3,(H,18,21);1-5H,6H2;3-5H,9H2,1-2H3;1H4. The quantitative estimate of drug-likeness (QED) is 0.157. The molecule has 0 fully saturated rings. The van der Waals surface area contributed by atoms with Crippen LogP contribution in [0.3, 0.4) is 0 Å². The molecule has 4 aromatic rings. The van der Waals surface area contributed by atoms with Gasteiger partial charge < -0.3 is 15.2 Å². The van der Waals surface area contributed by atoms with Gasteiger partial charge in [0.15, 0.2) is 0 Å². The molecule has 0 unspecified atom stereocenters. The molecular formula is C33H39ClN6O8. The Bertz CT molecular complexity index is 1550. The molecule has 0 atom stereocenters. The van der Waals surface area contributed by atoms with Gasteiger partial charge in [0.2, 0.25) is 0 Å². The molecule has 15 heteroatoms. The summed E-state index contributed by atoms with van der Waals surface area (Å²) < 4.78 is 9.65. The van der Waals surface area contributed by atoms with Crippen LogP contribution in [-0.2, 0) is 32.4 Å². The van der Waals surface area contributed by atoms with Crippen molar-refractivity contribution < 1.29 is 38.3 Å². The normalized spacial score (nSPS) is 9.52. The molecule has 0 saturated carbocycles. The van der Waals surface area contributed by atoms with Crippen molar-refractivity contribution >= 4 is 46.3 Å². The highest BCUT2D eigenvalue weighted by Crippen LogP contribution is 2.10. The first kappa shape index (κ1) is 40.5. The predicted molar refractivity (Wildman–Crippen MR) is 181 cm³/mol. The van der Waals surface area contributed by atoms with Crippen LogP contribution < -0.4 is 11.1 Å². The summed E-state index contributed by atoms with van der Waals surface area (Å²) in [5, 5.41) is 4.70. The van der Waals surface area contributed by atoms with Gasteiger partial charge in [-0.3, -0.25) is 24.6 Å². The second kappa shape index (κ2) is 22.0. The summed E-state index contributed by atoms with van der Waals surface area (Å²) >= 11 is 4.97. The van der Waals surface area contributed by atoms with Crippen LogP contribution >= 0.6 is 11.6 Å². The number of benzene rings is 2. The number of hydrogen-bond donors (Lipinski definition) is 2. The topological polar surface area (TPSA) is 176 Å². The lowest BCUT2D eigenvalue weighted by atomic mass is 10.2. The maximum Gasteiger partial charge on any atom is 0.412 e. The number of hydroxylamine groups is 4. The number of hydrogen-bond acceptors (Lipinski definition) is 11. The van der Waals surface area contributed by atoms with Crippen molar-refractivity contribution in [2.24, 2.45) is 0 Å². The maximum absolute atomic E-state index is 11.8. The number of nitrogens with zero attached hydrogens (tertiary/aromatic N) is 4. The van der Waals surface area contributed by atoms with E-state index in [0.717, 1.165) is 21.3 Å². The molecule has 0 radical (unpaired) electrons. The van der Waals surface area contributed by atoms with E-state index in [4.69, 9.17) is 31.7 Å². The van der Waals surface area contributed by atoms with Crippen molar-refractivity contribution in [2.45, 2.75) is 20.6 Å². The zero-order valence-electron chi connectivity index (χ0n) is 26.2. The summed E-state index contributed by atoms with van der Waals surface area (Å²) in [6.07, 6.45) is 2.21. The molecule has 3 amide bonds. The molecule has 4 rings (SSSR count). The Balaban J connectivity index is 0.000000391. The van der Waals surface area contributed by atoms with Gasteiger partial charge in [0.1, 0.15) is 24.6 Å². The van der Waals surface area contributed by atoms with Crippen LogP contribution in [0.2, 0.25) is 0 Å². The maximum atomic E-state index is 11.8. The number of nitrogens with two attached hydrogens (primary N) is 1. The van der Waals surface area contributed by atoms with E-state index in [1.165, 1.54) is 46.8 Å². The fraction of sp³-hybridized carbons (Fsp3) is 0.212. The molecule has 2 heterocycles. The molecule has 0 bridgehead atoms. The first-order valence-corrected chi connectivity index (χ1v) is 14.1. The SMILES string of the molecule is C.CON(C)C(=O)c1ccc(N)cn1.CON(C)C(=O)c1ccc(NC(=O)OCc2ccccc2)cn1.O=C(Cl)OCc1ccccc1. The molecule has 14 nitrogen and oxygen atoms in total. The van der Waals surface area contributed by atoms with Crippen molar-refractivity contribution in [3.05, 3.63) is 120 Å². The molecule has 0 aliphatic heterocycles. The molecule has 2 aromatic heterocycles. The summed E-state index contributed by atoms with van der Waals surface area (Å²) in [5.41, 5.74) is 7.94. The third kappa shape index (κ3) is 15.1. The average molecular weight is 683 g/mol. The van der Waals surface area contributed by atoms with Crippen molar-refractivity contribution in [1.29, 1.82) is 0 Å². The highest BCUT2D eigenvalue weighted by Gasteiger charge is 2.13. The van der Waals surface area contributed by atoms with Gasteiger partial charge in [0.05, 0.1) is 38.0 Å². The number of nitrogen functional groups attached to an aromatic ring is 1. The van der Waals surface area contributed by atoms with Crippen LogP contribution in [-0.4, -0.2) is 71.7 Å². The monoisotopic (exact) mass is 682 g/mol. The van der Waals surface area contributed by atoms with Gasteiger partial charge in [-0.1, -0.05) is 68.1 Å². The van der Waals surface area contributed by atoms with Gasteiger partial charge in [0, 0.05) is 25.7 Å². The van der Waals surface area contributed by atoms with Gasteiger partial charge in [-0.2, -0.15) is 0 Å². The third-order valence-electron chi connectivity index (χ3n) is 5.76. The second-order valence-electron chi connectivity index (χ2n) is 9.08. The summed E-state index contributed by atoms with van der Waals surface area (Å²) in [4.78, 5) is 62.4. The number of carbonyl (C=O) groups excluding carboxylic acids is 4. The Kier molecular flexibility index (Phi) is 18.6. The van der Waals surface area contributed by atoms with Gasteiger partial charge in [-0.25, -0.2) is 29.7 Å². The Morgan fingerprint density at radius 3 is 1.56 bits per heavy atom. The number of anilines is 2. The molecule has 48 heavy (non-hydrogen) atoms. The summed E-state index contributed by atoms with van der Waals surface area (Å²) in [5.74, 6) is -0.687. The molecular weight excluding hydrogens is 644 g/mol. The summed E-state index contributed by atoms with van der Waals surface area (Å²) in [6.45, 7) is 0.415. The van der Waals surface area contributed by atoms with E-state index in [0.29, 0.717) is 17.1 Å². The Labute approximate surface area is 284 Å². The Morgan fingerprint density at radius 2 is 1.17 bits per heavy atom. The lowest BCUT2D eigenvalue weighted by molar-refractivity contribution is -0.0760. The average Bonchev–Trinajstić information content (AvgIpc) is 3.10. The number of amides is 3. The minimum atomic E-state index is -0.770. The van der Waals surface area contributed by atoms with Crippen molar-refractivity contribution in [3.8, 4) is 0 Å². The fourth-order valence-corrected chi connectivity index (χ4v) is 3.26. The highest BCUT2D eigenvalue weighted by molar-refractivity contribution is 6.61. The Morgan fingerprint density at radius 1 is 0.708 bits per heavy atom. The van der Waals surface area contributed by atoms with Crippen molar-refractivity contribution in [1.82, 2.24) is 20.1 Å². The lowest BCUT2D eigenvalue weighted by Gasteiger charge is -2.13. The van der Waals surface area contributed by atoms with E-state index in [2.05, 4.69) is 20.0 Å². The first-order valence-electron chi connectivity index (χ1n) is 13.7. The molecule has 2 aromatic carbocycles. The zero-order chi connectivity index (χ0) is 34.6. The zero-order valence-corrected chi connectivity index (χ0v) is 26.9.